The number of nitro benzene ring substituents is 1. The summed E-state index contributed by atoms with van der Waals surface area (Å²) in [6, 6.07) is 4.96. The Morgan fingerprint density at radius 1 is 1.42 bits per heavy atom. The minimum atomic E-state index is -3.71. The molecule has 0 saturated heterocycles. The van der Waals surface area contributed by atoms with Gasteiger partial charge in [0.1, 0.15) is 6.10 Å². The zero-order valence-corrected chi connectivity index (χ0v) is 12.0. The summed E-state index contributed by atoms with van der Waals surface area (Å²) in [4.78, 5) is 9.93. The van der Waals surface area contributed by atoms with E-state index in [-0.39, 0.29) is 17.7 Å². The Morgan fingerprint density at radius 3 is 2.21 bits per heavy atom. The first-order valence-corrected chi connectivity index (χ1v) is 7.71. The Morgan fingerprint density at radius 2 is 1.89 bits per heavy atom. The van der Waals surface area contributed by atoms with Crippen molar-refractivity contribution in [3.8, 4) is 0 Å². The van der Waals surface area contributed by atoms with E-state index in [1.165, 1.54) is 24.3 Å². The first-order chi connectivity index (χ1) is 8.63. The van der Waals surface area contributed by atoms with Gasteiger partial charge < -0.3 is 5.11 Å². The molecular weight excluding hydrogens is 294 g/mol. The van der Waals surface area contributed by atoms with Gasteiger partial charge in [-0.05, 0) is 24.1 Å². The molecule has 0 saturated carbocycles. The van der Waals surface area contributed by atoms with Gasteiger partial charge in [0.05, 0.1) is 4.92 Å². The minimum Gasteiger partial charge on any atom is -0.385 e. The molecule has 6 nitrogen and oxygen atoms in total. The van der Waals surface area contributed by atoms with E-state index in [1.54, 1.807) is 6.92 Å². The summed E-state index contributed by atoms with van der Waals surface area (Å²) in [5, 5.41) is 20.6. The monoisotopic (exact) mass is 307 g/mol. The average molecular weight is 308 g/mol. The number of rotatable bonds is 5. The van der Waals surface area contributed by atoms with Gasteiger partial charge in [0.2, 0.25) is 0 Å². The van der Waals surface area contributed by atoms with Crippen LogP contribution in [-0.2, 0) is 9.84 Å². The molecule has 8 heteroatoms. The molecule has 1 aromatic rings. The lowest BCUT2D eigenvalue weighted by atomic mass is 10.0. The highest BCUT2D eigenvalue weighted by molar-refractivity contribution is 7.93. The number of nitro groups is 1. The Labute approximate surface area is 116 Å². The highest BCUT2D eigenvalue weighted by Crippen LogP contribution is 2.39. The number of halogens is 1. The first kappa shape index (κ1) is 15.9. The third-order valence-electron chi connectivity index (χ3n) is 2.93. The molecule has 0 fully saturated rings. The summed E-state index contributed by atoms with van der Waals surface area (Å²) >= 11 is 6.02. The van der Waals surface area contributed by atoms with Crippen LogP contribution in [0.2, 0.25) is 0 Å². The molecule has 1 N–H and O–H groups in total. The molecule has 2 atom stereocenters. The fraction of sp³-hybridized carbons (Fsp3) is 0.455. The number of aliphatic hydroxyl groups excluding tert-OH is 1. The maximum atomic E-state index is 11.7. The van der Waals surface area contributed by atoms with Gasteiger partial charge in [-0.15, -0.1) is 0 Å². The highest BCUT2D eigenvalue weighted by atomic mass is 35.5. The first-order valence-electron chi connectivity index (χ1n) is 5.44. The zero-order chi connectivity index (χ0) is 14.8. The molecule has 0 aliphatic rings. The van der Waals surface area contributed by atoms with Crippen LogP contribution in [0.15, 0.2) is 24.3 Å². The lowest BCUT2D eigenvalue weighted by Gasteiger charge is -2.29. The van der Waals surface area contributed by atoms with E-state index in [9.17, 15) is 23.6 Å². The zero-order valence-electron chi connectivity index (χ0n) is 10.4. The fourth-order valence-electron chi connectivity index (χ4n) is 1.69. The van der Waals surface area contributed by atoms with E-state index in [4.69, 9.17) is 11.6 Å². The molecular formula is C11H14ClNO5S. The molecule has 0 spiro atoms. The van der Waals surface area contributed by atoms with Gasteiger partial charge in [-0.1, -0.05) is 18.5 Å². The number of non-ortho nitro benzene ring substituents is 1. The lowest BCUT2D eigenvalue weighted by Crippen LogP contribution is -2.37. The van der Waals surface area contributed by atoms with Crippen LogP contribution in [0.5, 0.6) is 0 Å². The van der Waals surface area contributed by atoms with Gasteiger partial charge in [-0.3, -0.25) is 10.1 Å². The molecule has 1 rings (SSSR count). The van der Waals surface area contributed by atoms with Crippen molar-refractivity contribution in [3.05, 3.63) is 39.9 Å². The molecule has 0 amide bonds. The summed E-state index contributed by atoms with van der Waals surface area (Å²) in [7, 11) is -3.71. The van der Waals surface area contributed by atoms with Crippen LogP contribution >= 0.6 is 11.6 Å². The second-order valence-corrected chi connectivity index (χ2v) is 7.33. The topological polar surface area (TPSA) is 97.5 Å². The van der Waals surface area contributed by atoms with Gasteiger partial charge in [-0.2, -0.15) is 0 Å². The number of hydrogen-bond acceptors (Lipinski definition) is 5. The maximum absolute atomic E-state index is 11.7. The minimum absolute atomic E-state index is 0.00550. The quantitative estimate of drug-likeness (QED) is 0.510. The Hall–Kier alpha value is -1.18. The van der Waals surface area contributed by atoms with Crippen molar-refractivity contribution in [3.63, 3.8) is 0 Å². The Bertz CT molecular complexity index is 571. The smallest absolute Gasteiger partial charge is 0.269 e. The Balaban J connectivity index is 3.19. The van der Waals surface area contributed by atoms with E-state index in [1.807, 2.05) is 0 Å². The number of benzene rings is 1. The fourth-order valence-corrected chi connectivity index (χ4v) is 2.88. The van der Waals surface area contributed by atoms with Crippen LogP contribution < -0.4 is 0 Å². The summed E-state index contributed by atoms with van der Waals surface area (Å²) in [5.74, 6) is 0. The van der Waals surface area contributed by atoms with Crippen molar-refractivity contribution in [1.82, 2.24) is 0 Å². The van der Waals surface area contributed by atoms with Gasteiger partial charge >= 0.3 is 0 Å². The third-order valence-corrected chi connectivity index (χ3v) is 5.99. The van der Waals surface area contributed by atoms with Crippen LogP contribution in [-0.4, -0.2) is 28.9 Å². The predicted molar refractivity (Wildman–Crippen MR) is 71.8 cm³/mol. The average Bonchev–Trinajstić information content (AvgIpc) is 2.35. The van der Waals surface area contributed by atoms with Crippen molar-refractivity contribution in [2.24, 2.45) is 0 Å². The van der Waals surface area contributed by atoms with Crippen molar-refractivity contribution < 1.29 is 18.4 Å². The molecule has 0 radical (unpaired) electrons. The summed E-state index contributed by atoms with van der Waals surface area (Å²) in [6.45, 7) is 1.54. The van der Waals surface area contributed by atoms with Crippen LogP contribution in [0.4, 0.5) is 5.69 Å². The van der Waals surface area contributed by atoms with Crippen molar-refractivity contribution in [2.75, 3.05) is 6.26 Å². The molecule has 0 unspecified atom stereocenters. The van der Waals surface area contributed by atoms with Crippen molar-refractivity contribution in [2.45, 2.75) is 23.7 Å². The molecule has 0 aliphatic carbocycles. The summed E-state index contributed by atoms with van der Waals surface area (Å²) in [5.41, 5.74) is 0.0693. The number of nitrogens with zero attached hydrogens (tertiary/aromatic N) is 1. The second kappa shape index (κ2) is 5.44. The van der Waals surface area contributed by atoms with E-state index >= 15 is 0 Å². The van der Waals surface area contributed by atoms with Crippen molar-refractivity contribution >= 4 is 27.1 Å². The molecule has 0 aliphatic heterocycles. The SMILES string of the molecule is CC[C@@](Cl)([C@@H](O)c1ccc([N+](=O)[O-])cc1)S(C)(=O)=O. The van der Waals surface area contributed by atoms with Gasteiger partial charge in [0.25, 0.3) is 5.69 Å². The van der Waals surface area contributed by atoms with Gasteiger partial charge in [-0.25, -0.2) is 8.42 Å². The number of hydrogen-bond donors (Lipinski definition) is 1. The standard InChI is InChI=1S/C11H14ClNO5S/c1-3-11(12,19(2,17)18)10(14)8-4-6-9(7-5-8)13(15)16/h4-7,10,14H,3H2,1-2H3/t10-,11-/m0/s1. The van der Waals surface area contributed by atoms with E-state index < -0.39 is 25.1 Å². The molecule has 106 valence electrons. The highest BCUT2D eigenvalue weighted by Gasteiger charge is 2.44. The predicted octanol–water partition coefficient (Wildman–Crippen LogP) is 2.02. The van der Waals surface area contributed by atoms with E-state index in [2.05, 4.69) is 0 Å². The molecule has 0 aromatic heterocycles. The summed E-state index contributed by atoms with van der Waals surface area (Å²) < 4.78 is 21.5. The maximum Gasteiger partial charge on any atom is 0.269 e. The third kappa shape index (κ3) is 3.05. The van der Waals surface area contributed by atoms with Crippen LogP contribution in [0.25, 0.3) is 0 Å². The van der Waals surface area contributed by atoms with Crippen LogP contribution in [0, 0.1) is 10.1 Å². The number of aliphatic hydroxyl groups is 1. The van der Waals surface area contributed by atoms with Gasteiger partial charge in [0.15, 0.2) is 14.0 Å². The number of sulfone groups is 1. The van der Waals surface area contributed by atoms with Crippen LogP contribution in [0.3, 0.4) is 0 Å². The molecule has 1 aromatic carbocycles. The summed E-state index contributed by atoms with van der Waals surface area (Å²) in [6.07, 6.45) is -0.515. The molecule has 0 bridgehead atoms. The normalized spacial score (nSPS) is 16.6. The largest absolute Gasteiger partial charge is 0.385 e. The van der Waals surface area contributed by atoms with Crippen molar-refractivity contribution in [1.29, 1.82) is 0 Å². The lowest BCUT2D eigenvalue weighted by molar-refractivity contribution is -0.384. The number of alkyl halides is 1. The molecule has 19 heavy (non-hydrogen) atoms. The molecule has 0 heterocycles. The van der Waals surface area contributed by atoms with Gasteiger partial charge in [0, 0.05) is 18.4 Å². The van der Waals surface area contributed by atoms with E-state index in [0.717, 1.165) is 6.26 Å². The Kier molecular flexibility index (Phi) is 4.54. The van der Waals surface area contributed by atoms with E-state index in [0.29, 0.717) is 0 Å². The second-order valence-electron chi connectivity index (χ2n) is 4.16. The van der Waals surface area contributed by atoms with Crippen LogP contribution in [0.1, 0.15) is 25.0 Å².